The highest BCUT2D eigenvalue weighted by Crippen LogP contribution is 2.15. The van der Waals surface area contributed by atoms with E-state index in [1.165, 1.54) is 0 Å². The van der Waals surface area contributed by atoms with E-state index in [9.17, 15) is 4.79 Å². The van der Waals surface area contributed by atoms with Crippen molar-refractivity contribution >= 4 is 23.2 Å². The number of nitrogens with one attached hydrogen (secondary N) is 3. The fourth-order valence-electron chi connectivity index (χ4n) is 1.90. The van der Waals surface area contributed by atoms with Gasteiger partial charge < -0.3 is 20.4 Å². The number of carbonyl (C=O) groups is 1. The Morgan fingerprint density at radius 1 is 1.38 bits per heavy atom. The topological polar surface area (TPSA) is 66.2 Å². The molecule has 1 heterocycles. The number of aromatic amines is 1. The number of hydrogen-bond donors (Lipinski definition) is 3. The summed E-state index contributed by atoms with van der Waals surface area (Å²) in [4.78, 5) is 14.8. The zero-order valence-corrected chi connectivity index (χ0v) is 12.5. The first-order valence-electron chi connectivity index (χ1n) is 6.63. The molecule has 1 aromatic carbocycles. The van der Waals surface area contributed by atoms with Crippen molar-refractivity contribution < 1.29 is 9.53 Å². The number of rotatable bonds is 7. The van der Waals surface area contributed by atoms with Gasteiger partial charge in [-0.25, -0.2) is 0 Å². The Labute approximate surface area is 128 Å². The molecule has 0 saturated carbocycles. The van der Waals surface area contributed by atoms with E-state index >= 15 is 0 Å². The number of anilines is 1. The number of H-pyrrole nitrogens is 1. The van der Waals surface area contributed by atoms with Crippen LogP contribution in [-0.4, -0.2) is 31.2 Å². The van der Waals surface area contributed by atoms with Gasteiger partial charge in [0.15, 0.2) is 0 Å². The van der Waals surface area contributed by atoms with Gasteiger partial charge in [0, 0.05) is 32.1 Å². The van der Waals surface area contributed by atoms with E-state index in [0.717, 1.165) is 11.3 Å². The van der Waals surface area contributed by atoms with Crippen molar-refractivity contribution in [3.8, 4) is 0 Å². The van der Waals surface area contributed by atoms with Crippen molar-refractivity contribution in [2.75, 3.05) is 25.6 Å². The number of carbonyl (C=O) groups excluding carboxylic acids is 1. The van der Waals surface area contributed by atoms with Crippen LogP contribution in [0.15, 0.2) is 36.5 Å². The molecule has 0 aliphatic heterocycles. The highest BCUT2D eigenvalue weighted by atomic mass is 35.5. The number of ether oxygens (including phenoxy) is 1. The van der Waals surface area contributed by atoms with Crippen LogP contribution in [-0.2, 0) is 11.3 Å². The number of amides is 1. The van der Waals surface area contributed by atoms with Crippen molar-refractivity contribution in [2.45, 2.75) is 6.54 Å². The number of hydrogen-bond acceptors (Lipinski definition) is 3. The molecule has 0 saturated heterocycles. The second-order valence-electron chi connectivity index (χ2n) is 4.49. The number of aromatic nitrogens is 1. The largest absolute Gasteiger partial charge is 0.383 e. The van der Waals surface area contributed by atoms with Crippen LogP contribution in [0.5, 0.6) is 0 Å². The zero-order valence-electron chi connectivity index (χ0n) is 11.8. The standard InChI is InChI=1S/C15H18ClN3O2/c1-21-7-6-17-13-5-3-2-4-11(13)9-19-15(20)14-8-12(16)10-18-14/h2-5,8,10,17-18H,6-7,9H2,1H3,(H,19,20). The highest BCUT2D eigenvalue weighted by Gasteiger charge is 2.08. The van der Waals surface area contributed by atoms with Gasteiger partial charge in [0.1, 0.15) is 5.69 Å². The number of halogens is 1. The predicted octanol–water partition coefficient (Wildman–Crippen LogP) is 2.66. The predicted molar refractivity (Wildman–Crippen MR) is 83.8 cm³/mol. The fourth-order valence-corrected chi connectivity index (χ4v) is 2.07. The van der Waals surface area contributed by atoms with Gasteiger partial charge in [-0.3, -0.25) is 4.79 Å². The normalized spacial score (nSPS) is 10.4. The molecule has 0 spiro atoms. The van der Waals surface area contributed by atoms with Crippen molar-refractivity contribution in [1.82, 2.24) is 10.3 Å². The maximum absolute atomic E-state index is 12.0. The van der Waals surface area contributed by atoms with Crippen molar-refractivity contribution in [1.29, 1.82) is 0 Å². The third-order valence-electron chi connectivity index (χ3n) is 2.97. The maximum Gasteiger partial charge on any atom is 0.268 e. The summed E-state index contributed by atoms with van der Waals surface area (Å²) >= 11 is 5.78. The Hall–Kier alpha value is -1.98. The Morgan fingerprint density at radius 2 is 2.19 bits per heavy atom. The lowest BCUT2D eigenvalue weighted by Gasteiger charge is -2.12. The van der Waals surface area contributed by atoms with E-state index in [-0.39, 0.29) is 5.91 Å². The minimum Gasteiger partial charge on any atom is -0.383 e. The Kier molecular flexibility index (Phi) is 5.66. The summed E-state index contributed by atoms with van der Waals surface area (Å²) in [7, 11) is 1.66. The van der Waals surface area contributed by atoms with Crippen molar-refractivity contribution in [3.05, 3.63) is 52.8 Å². The van der Waals surface area contributed by atoms with Crippen LogP contribution in [0.1, 0.15) is 16.1 Å². The molecule has 0 atom stereocenters. The highest BCUT2D eigenvalue weighted by molar-refractivity contribution is 6.30. The zero-order chi connectivity index (χ0) is 15.1. The SMILES string of the molecule is COCCNc1ccccc1CNC(=O)c1cc(Cl)c[nH]1. The minimum absolute atomic E-state index is 0.186. The molecule has 1 amide bonds. The van der Waals surface area contributed by atoms with E-state index < -0.39 is 0 Å². The lowest BCUT2D eigenvalue weighted by Crippen LogP contribution is -2.23. The molecule has 2 rings (SSSR count). The van der Waals surface area contributed by atoms with Crippen molar-refractivity contribution in [2.24, 2.45) is 0 Å². The lowest BCUT2D eigenvalue weighted by atomic mass is 10.1. The Morgan fingerprint density at radius 3 is 2.90 bits per heavy atom. The second-order valence-corrected chi connectivity index (χ2v) is 4.93. The second kappa shape index (κ2) is 7.71. The average Bonchev–Trinajstić information content (AvgIpc) is 2.93. The molecule has 0 bridgehead atoms. The summed E-state index contributed by atoms with van der Waals surface area (Å²) in [5, 5.41) is 6.65. The van der Waals surface area contributed by atoms with Gasteiger partial charge in [0.25, 0.3) is 5.91 Å². The third kappa shape index (κ3) is 4.51. The van der Waals surface area contributed by atoms with Crippen LogP contribution in [0.25, 0.3) is 0 Å². The number of benzene rings is 1. The van der Waals surface area contributed by atoms with Gasteiger partial charge in [0.05, 0.1) is 11.6 Å². The molecule has 3 N–H and O–H groups in total. The summed E-state index contributed by atoms with van der Waals surface area (Å²) in [5.74, 6) is -0.186. The average molecular weight is 308 g/mol. The Balaban J connectivity index is 1.94. The Bertz CT molecular complexity index is 598. The van der Waals surface area contributed by atoms with Crippen LogP contribution in [0.3, 0.4) is 0 Å². The minimum atomic E-state index is -0.186. The first-order chi connectivity index (χ1) is 10.2. The van der Waals surface area contributed by atoms with Gasteiger partial charge in [-0.15, -0.1) is 0 Å². The van der Waals surface area contributed by atoms with E-state index in [4.69, 9.17) is 16.3 Å². The van der Waals surface area contributed by atoms with Crippen LogP contribution < -0.4 is 10.6 Å². The fraction of sp³-hybridized carbons (Fsp3) is 0.267. The van der Waals surface area contributed by atoms with E-state index in [2.05, 4.69) is 15.6 Å². The van der Waals surface area contributed by atoms with E-state index in [1.807, 2.05) is 24.3 Å². The van der Waals surface area contributed by atoms with Gasteiger partial charge in [-0.2, -0.15) is 0 Å². The van der Waals surface area contributed by atoms with E-state index in [1.54, 1.807) is 19.4 Å². The monoisotopic (exact) mass is 307 g/mol. The summed E-state index contributed by atoms with van der Waals surface area (Å²) in [6.45, 7) is 1.78. The molecular formula is C15H18ClN3O2. The first kappa shape index (κ1) is 15.4. The lowest BCUT2D eigenvalue weighted by molar-refractivity contribution is 0.0946. The summed E-state index contributed by atoms with van der Waals surface area (Å²) in [5.41, 5.74) is 2.45. The molecule has 0 radical (unpaired) electrons. The maximum atomic E-state index is 12.0. The molecular weight excluding hydrogens is 290 g/mol. The third-order valence-corrected chi connectivity index (χ3v) is 3.19. The number of para-hydroxylation sites is 1. The van der Waals surface area contributed by atoms with Crippen LogP contribution >= 0.6 is 11.6 Å². The first-order valence-corrected chi connectivity index (χ1v) is 7.01. The molecule has 0 unspecified atom stereocenters. The molecule has 21 heavy (non-hydrogen) atoms. The van der Waals surface area contributed by atoms with Gasteiger partial charge in [-0.1, -0.05) is 29.8 Å². The molecule has 2 aromatic rings. The summed E-state index contributed by atoms with van der Waals surface area (Å²) in [6.07, 6.45) is 1.58. The van der Waals surface area contributed by atoms with Crippen LogP contribution in [0, 0.1) is 0 Å². The summed E-state index contributed by atoms with van der Waals surface area (Å²) in [6, 6.07) is 9.43. The summed E-state index contributed by atoms with van der Waals surface area (Å²) < 4.78 is 5.01. The molecule has 0 fully saturated rings. The molecule has 1 aromatic heterocycles. The van der Waals surface area contributed by atoms with Gasteiger partial charge in [0.2, 0.25) is 0 Å². The van der Waals surface area contributed by atoms with Crippen molar-refractivity contribution in [3.63, 3.8) is 0 Å². The smallest absolute Gasteiger partial charge is 0.268 e. The van der Waals surface area contributed by atoms with Crippen LogP contribution in [0.4, 0.5) is 5.69 Å². The van der Waals surface area contributed by atoms with E-state index in [0.29, 0.717) is 30.4 Å². The van der Waals surface area contributed by atoms with Crippen LogP contribution in [0.2, 0.25) is 5.02 Å². The molecule has 5 nitrogen and oxygen atoms in total. The molecule has 6 heteroatoms. The number of methoxy groups -OCH3 is 1. The molecule has 0 aliphatic carbocycles. The molecule has 112 valence electrons. The molecule has 0 aliphatic rings. The van der Waals surface area contributed by atoms with Gasteiger partial charge >= 0.3 is 0 Å². The quantitative estimate of drug-likeness (QED) is 0.689. The van der Waals surface area contributed by atoms with Gasteiger partial charge in [-0.05, 0) is 17.7 Å².